The van der Waals surface area contributed by atoms with Crippen LogP contribution in [0.5, 0.6) is 0 Å². The average Bonchev–Trinajstić information content (AvgIpc) is 2.63. The molecule has 3 nitrogen and oxygen atoms in total. The summed E-state index contributed by atoms with van der Waals surface area (Å²) in [5.41, 5.74) is 0.883. The van der Waals surface area contributed by atoms with Gasteiger partial charge in [0.2, 0.25) is 5.91 Å². The molecule has 1 atom stereocenters. The first-order valence-corrected chi connectivity index (χ1v) is 6.19. The van der Waals surface area contributed by atoms with Crippen LogP contribution in [0, 0.1) is 5.92 Å². The van der Waals surface area contributed by atoms with Gasteiger partial charge in [-0.05, 0) is 35.2 Å². The van der Waals surface area contributed by atoms with E-state index in [1.165, 1.54) is 0 Å². The van der Waals surface area contributed by atoms with Gasteiger partial charge in [-0.25, -0.2) is 0 Å². The summed E-state index contributed by atoms with van der Waals surface area (Å²) >= 11 is 1.55. The van der Waals surface area contributed by atoms with E-state index in [0.717, 1.165) is 24.8 Å². The largest absolute Gasteiger partial charge is 0.387 e. The molecule has 0 saturated heterocycles. The minimum Gasteiger partial charge on any atom is -0.387 e. The van der Waals surface area contributed by atoms with Gasteiger partial charge in [0.25, 0.3) is 0 Å². The van der Waals surface area contributed by atoms with Gasteiger partial charge in [-0.3, -0.25) is 4.79 Å². The van der Waals surface area contributed by atoms with Crippen molar-refractivity contribution >= 4 is 17.2 Å². The first kappa shape index (κ1) is 10.6. The molecule has 15 heavy (non-hydrogen) atoms. The molecule has 0 radical (unpaired) electrons. The Bertz CT molecular complexity index is 319. The molecule has 0 bridgehead atoms. The maximum Gasteiger partial charge on any atom is 0.223 e. The standard InChI is InChI=1S/C11H15NO2S/c13-10(9-4-5-15-7-9)6-12-11(14)8-2-1-3-8/h4-5,7-8,10,13H,1-3,6H2,(H,12,14)/t10-/m0/s1. The van der Waals surface area contributed by atoms with E-state index >= 15 is 0 Å². The molecule has 82 valence electrons. The molecule has 0 unspecified atom stereocenters. The van der Waals surface area contributed by atoms with Crippen LogP contribution in [0.2, 0.25) is 0 Å². The summed E-state index contributed by atoms with van der Waals surface area (Å²) in [5.74, 6) is 0.287. The number of thiophene rings is 1. The van der Waals surface area contributed by atoms with Crippen LogP contribution in [0.15, 0.2) is 16.8 Å². The van der Waals surface area contributed by atoms with E-state index < -0.39 is 6.10 Å². The molecule has 2 rings (SSSR count). The minimum absolute atomic E-state index is 0.0931. The van der Waals surface area contributed by atoms with E-state index in [0.29, 0.717) is 6.54 Å². The van der Waals surface area contributed by atoms with Crippen molar-refractivity contribution in [1.82, 2.24) is 5.32 Å². The molecule has 2 N–H and O–H groups in total. The van der Waals surface area contributed by atoms with Gasteiger partial charge in [0, 0.05) is 12.5 Å². The van der Waals surface area contributed by atoms with Gasteiger partial charge in [0.05, 0.1) is 6.10 Å². The third-order valence-corrected chi connectivity index (χ3v) is 3.58. The highest BCUT2D eigenvalue weighted by Gasteiger charge is 2.25. The number of hydrogen-bond acceptors (Lipinski definition) is 3. The van der Waals surface area contributed by atoms with Crippen molar-refractivity contribution in [1.29, 1.82) is 0 Å². The normalized spacial score (nSPS) is 18.2. The number of amides is 1. The molecular formula is C11H15NO2S. The molecular weight excluding hydrogens is 210 g/mol. The summed E-state index contributed by atoms with van der Waals surface area (Å²) < 4.78 is 0. The second-order valence-corrected chi connectivity index (χ2v) is 4.73. The van der Waals surface area contributed by atoms with Crippen LogP contribution >= 0.6 is 11.3 Å². The summed E-state index contributed by atoms with van der Waals surface area (Å²) in [6, 6.07) is 1.88. The Morgan fingerprint density at radius 2 is 2.47 bits per heavy atom. The monoisotopic (exact) mass is 225 g/mol. The predicted molar refractivity (Wildman–Crippen MR) is 59.6 cm³/mol. The topological polar surface area (TPSA) is 49.3 Å². The fraction of sp³-hybridized carbons (Fsp3) is 0.545. The quantitative estimate of drug-likeness (QED) is 0.819. The summed E-state index contributed by atoms with van der Waals surface area (Å²) in [6.07, 6.45) is 2.59. The average molecular weight is 225 g/mol. The zero-order valence-electron chi connectivity index (χ0n) is 8.48. The molecule has 0 spiro atoms. The van der Waals surface area contributed by atoms with Crippen molar-refractivity contribution in [3.05, 3.63) is 22.4 Å². The number of aliphatic hydroxyl groups excluding tert-OH is 1. The van der Waals surface area contributed by atoms with Gasteiger partial charge in [0.1, 0.15) is 0 Å². The zero-order chi connectivity index (χ0) is 10.7. The third-order valence-electron chi connectivity index (χ3n) is 2.87. The number of hydrogen-bond donors (Lipinski definition) is 2. The predicted octanol–water partition coefficient (Wildman–Crippen LogP) is 1.70. The molecule has 1 fully saturated rings. The molecule has 1 aromatic heterocycles. The van der Waals surface area contributed by atoms with Crippen molar-refractivity contribution in [2.45, 2.75) is 25.4 Å². The Balaban J connectivity index is 1.75. The first-order chi connectivity index (χ1) is 7.27. The van der Waals surface area contributed by atoms with E-state index in [2.05, 4.69) is 5.32 Å². The van der Waals surface area contributed by atoms with Crippen LogP contribution in [0.4, 0.5) is 0 Å². The smallest absolute Gasteiger partial charge is 0.223 e. The molecule has 1 aliphatic carbocycles. The van der Waals surface area contributed by atoms with Crippen molar-refractivity contribution in [2.24, 2.45) is 5.92 Å². The van der Waals surface area contributed by atoms with E-state index in [9.17, 15) is 9.90 Å². The van der Waals surface area contributed by atoms with Crippen molar-refractivity contribution in [2.75, 3.05) is 6.54 Å². The van der Waals surface area contributed by atoms with E-state index in [4.69, 9.17) is 0 Å². The zero-order valence-corrected chi connectivity index (χ0v) is 9.30. The molecule has 1 aliphatic rings. The van der Waals surface area contributed by atoms with Crippen LogP contribution < -0.4 is 5.32 Å². The maximum absolute atomic E-state index is 11.5. The lowest BCUT2D eigenvalue weighted by atomic mass is 9.85. The number of carbonyl (C=O) groups excluding carboxylic acids is 1. The molecule has 1 aromatic rings. The van der Waals surface area contributed by atoms with Gasteiger partial charge in [-0.2, -0.15) is 11.3 Å². The van der Waals surface area contributed by atoms with Gasteiger partial charge >= 0.3 is 0 Å². The molecule has 0 aromatic carbocycles. The highest BCUT2D eigenvalue weighted by Crippen LogP contribution is 2.26. The molecule has 1 saturated carbocycles. The van der Waals surface area contributed by atoms with Gasteiger partial charge in [-0.15, -0.1) is 0 Å². The Morgan fingerprint density at radius 3 is 3.00 bits per heavy atom. The first-order valence-electron chi connectivity index (χ1n) is 5.25. The lowest BCUT2D eigenvalue weighted by Gasteiger charge is -2.24. The van der Waals surface area contributed by atoms with Gasteiger partial charge < -0.3 is 10.4 Å². The fourth-order valence-electron chi connectivity index (χ4n) is 1.59. The molecule has 1 amide bonds. The van der Waals surface area contributed by atoms with Gasteiger partial charge in [0.15, 0.2) is 0 Å². The SMILES string of the molecule is O=C(NC[C@H](O)c1ccsc1)C1CCC1. The molecule has 0 aliphatic heterocycles. The lowest BCUT2D eigenvalue weighted by Crippen LogP contribution is -2.36. The highest BCUT2D eigenvalue weighted by atomic mass is 32.1. The molecule has 4 heteroatoms. The summed E-state index contributed by atoms with van der Waals surface area (Å²) in [5, 5.41) is 16.3. The third kappa shape index (κ3) is 2.58. The van der Waals surface area contributed by atoms with Crippen molar-refractivity contribution in [3.8, 4) is 0 Å². The van der Waals surface area contributed by atoms with Crippen LogP contribution in [0.3, 0.4) is 0 Å². The number of carbonyl (C=O) groups is 1. The number of nitrogens with one attached hydrogen (secondary N) is 1. The van der Waals surface area contributed by atoms with Gasteiger partial charge in [-0.1, -0.05) is 6.42 Å². The lowest BCUT2D eigenvalue weighted by molar-refractivity contribution is -0.127. The van der Waals surface area contributed by atoms with Crippen LogP contribution in [0.25, 0.3) is 0 Å². The van der Waals surface area contributed by atoms with E-state index in [-0.39, 0.29) is 11.8 Å². The van der Waals surface area contributed by atoms with E-state index in [1.807, 2.05) is 16.8 Å². The van der Waals surface area contributed by atoms with Crippen LogP contribution in [-0.4, -0.2) is 17.6 Å². The van der Waals surface area contributed by atoms with Crippen molar-refractivity contribution in [3.63, 3.8) is 0 Å². The summed E-state index contributed by atoms with van der Waals surface area (Å²) in [4.78, 5) is 11.5. The summed E-state index contributed by atoms with van der Waals surface area (Å²) in [7, 11) is 0. The highest BCUT2D eigenvalue weighted by molar-refractivity contribution is 7.07. The molecule has 1 heterocycles. The Labute approximate surface area is 93.1 Å². The minimum atomic E-state index is -0.569. The second-order valence-electron chi connectivity index (χ2n) is 3.95. The second kappa shape index (κ2) is 4.77. The van der Waals surface area contributed by atoms with Crippen molar-refractivity contribution < 1.29 is 9.90 Å². The number of aliphatic hydroxyl groups is 1. The number of rotatable bonds is 4. The Morgan fingerprint density at radius 1 is 1.67 bits per heavy atom. The Kier molecular flexibility index (Phi) is 3.38. The maximum atomic E-state index is 11.5. The Hall–Kier alpha value is -0.870. The van der Waals surface area contributed by atoms with Crippen LogP contribution in [-0.2, 0) is 4.79 Å². The fourth-order valence-corrected chi connectivity index (χ4v) is 2.30. The van der Waals surface area contributed by atoms with Crippen LogP contribution in [0.1, 0.15) is 30.9 Å². The van der Waals surface area contributed by atoms with E-state index in [1.54, 1.807) is 11.3 Å². The summed E-state index contributed by atoms with van der Waals surface area (Å²) in [6.45, 7) is 0.325.